The van der Waals surface area contributed by atoms with Crippen molar-refractivity contribution in [2.75, 3.05) is 20.2 Å². The molecule has 0 aromatic rings. The largest absolute Gasteiger partial charge is 0.481 e. The lowest BCUT2D eigenvalue weighted by molar-refractivity contribution is -0.138. The fourth-order valence-electron chi connectivity index (χ4n) is 4.11. The molecule has 0 unspecified atom stereocenters. The summed E-state index contributed by atoms with van der Waals surface area (Å²) in [5, 5.41) is 11.9. The van der Waals surface area contributed by atoms with E-state index in [4.69, 9.17) is 9.84 Å². The molecule has 2 amide bonds. The summed E-state index contributed by atoms with van der Waals surface area (Å²) in [4.78, 5) is 25.5. The Hall–Kier alpha value is -1.30. The normalized spacial score (nSPS) is 31.5. The van der Waals surface area contributed by atoms with E-state index in [2.05, 4.69) is 26.1 Å². The topological polar surface area (TPSA) is 78.9 Å². The number of carboxylic acids is 1. The van der Waals surface area contributed by atoms with Crippen molar-refractivity contribution in [1.82, 2.24) is 10.2 Å². The Bertz CT molecular complexity index is 479. The van der Waals surface area contributed by atoms with Crippen LogP contribution in [0.3, 0.4) is 0 Å². The van der Waals surface area contributed by atoms with Gasteiger partial charge in [-0.3, -0.25) is 4.79 Å². The predicted octanol–water partition coefficient (Wildman–Crippen LogP) is 2.33. The van der Waals surface area contributed by atoms with Crippen molar-refractivity contribution in [2.24, 2.45) is 16.7 Å². The van der Waals surface area contributed by atoms with Crippen LogP contribution in [0.25, 0.3) is 0 Å². The molecule has 23 heavy (non-hydrogen) atoms. The third-order valence-corrected chi connectivity index (χ3v) is 6.53. The molecule has 2 N–H and O–H groups in total. The molecule has 0 aromatic carbocycles. The molecule has 2 aliphatic rings. The second-order valence-electron chi connectivity index (χ2n) is 7.99. The molecular weight excluding hydrogens is 296 g/mol. The molecule has 6 heteroatoms. The number of rotatable bonds is 5. The van der Waals surface area contributed by atoms with Gasteiger partial charge < -0.3 is 20.1 Å². The molecule has 132 valence electrons. The first-order valence-electron chi connectivity index (χ1n) is 8.41. The van der Waals surface area contributed by atoms with E-state index in [1.54, 1.807) is 6.92 Å². The van der Waals surface area contributed by atoms with E-state index in [1.807, 2.05) is 4.90 Å². The van der Waals surface area contributed by atoms with Crippen molar-refractivity contribution in [3.63, 3.8) is 0 Å². The fourth-order valence-corrected chi connectivity index (χ4v) is 4.11. The van der Waals surface area contributed by atoms with Crippen LogP contribution in [-0.2, 0) is 9.53 Å². The number of nitrogens with zero attached hydrogens (tertiary/aromatic N) is 1. The van der Waals surface area contributed by atoms with Crippen LogP contribution >= 0.6 is 0 Å². The van der Waals surface area contributed by atoms with Crippen molar-refractivity contribution in [3.05, 3.63) is 0 Å². The smallest absolute Gasteiger partial charge is 0.317 e. The maximum Gasteiger partial charge on any atom is 0.317 e. The van der Waals surface area contributed by atoms with Gasteiger partial charge in [-0.1, -0.05) is 20.8 Å². The van der Waals surface area contributed by atoms with Gasteiger partial charge in [0.15, 0.2) is 0 Å². The number of aliphatic carboxylic acids is 1. The zero-order valence-electron chi connectivity index (χ0n) is 14.9. The van der Waals surface area contributed by atoms with E-state index in [0.29, 0.717) is 5.92 Å². The minimum Gasteiger partial charge on any atom is -0.481 e. The first-order valence-corrected chi connectivity index (χ1v) is 8.41. The molecule has 0 radical (unpaired) electrons. The molecule has 4 atom stereocenters. The molecule has 1 heterocycles. The number of urea groups is 1. The lowest BCUT2D eigenvalue weighted by Gasteiger charge is -2.50. The predicted molar refractivity (Wildman–Crippen MR) is 87.2 cm³/mol. The Morgan fingerprint density at radius 1 is 1.39 bits per heavy atom. The second-order valence-corrected chi connectivity index (χ2v) is 7.99. The number of carbonyl (C=O) groups is 2. The van der Waals surface area contributed by atoms with Crippen LogP contribution in [0.4, 0.5) is 4.79 Å². The number of nitrogens with one attached hydrogen (secondary N) is 1. The van der Waals surface area contributed by atoms with Crippen LogP contribution in [-0.4, -0.2) is 54.4 Å². The summed E-state index contributed by atoms with van der Waals surface area (Å²) in [6.45, 7) is 10.1. The monoisotopic (exact) mass is 326 g/mol. The van der Waals surface area contributed by atoms with Gasteiger partial charge in [-0.15, -0.1) is 0 Å². The van der Waals surface area contributed by atoms with Gasteiger partial charge in [-0.2, -0.15) is 0 Å². The van der Waals surface area contributed by atoms with E-state index >= 15 is 0 Å². The summed E-state index contributed by atoms with van der Waals surface area (Å²) in [5.41, 5.74) is 0.368. The Labute approximate surface area is 138 Å². The highest BCUT2D eigenvalue weighted by atomic mass is 16.5. The number of likely N-dealkylation sites (tertiary alicyclic amines) is 1. The van der Waals surface area contributed by atoms with Gasteiger partial charge in [0, 0.05) is 20.2 Å². The van der Waals surface area contributed by atoms with Crippen LogP contribution in [0.5, 0.6) is 0 Å². The maximum atomic E-state index is 12.6. The minimum atomic E-state index is -0.939. The zero-order chi connectivity index (χ0) is 17.4. The molecule has 1 saturated heterocycles. The lowest BCUT2D eigenvalue weighted by Crippen LogP contribution is -2.58. The number of carboxylic acid groups (broad SMARTS) is 1. The summed E-state index contributed by atoms with van der Waals surface area (Å²) in [5.74, 6) is -0.434. The number of fused-ring (bicyclic) bond motifs is 2. The maximum absolute atomic E-state index is 12.6. The van der Waals surface area contributed by atoms with Crippen LogP contribution < -0.4 is 5.32 Å². The highest BCUT2D eigenvalue weighted by Crippen LogP contribution is 2.58. The highest BCUT2D eigenvalue weighted by Gasteiger charge is 2.56. The van der Waals surface area contributed by atoms with Crippen molar-refractivity contribution < 1.29 is 19.4 Å². The van der Waals surface area contributed by atoms with E-state index in [-0.39, 0.29) is 29.4 Å². The zero-order valence-corrected chi connectivity index (χ0v) is 14.9. The molecule has 2 bridgehead atoms. The van der Waals surface area contributed by atoms with Crippen molar-refractivity contribution in [2.45, 2.75) is 59.1 Å². The van der Waals surface area contributed by atoms with Gasteiger partial charge in [0.2, 0.25) is 0 Å². The Morgan fingerprint density at radius 2 is 2.04 bits per heavy atom. The SMILES string of the molecule is CO[C@H](C)[C@@H](CC(=O)O)NC(=O)N1C[C@H]2CC[C@@](C)(C1)C2(C)C. The Balaban J connectivity index is 2.05. The molecule has 0 aromatic heterocycles. The van der Waals surface area contributed by atoms with E-state index in [0.717, 1.165) is 25.9 Å². The number of hydrogen-bond acceptors (Lipinski definition) is 3. The highest BCUT2D eigenvalue weighted by molar-refractivity contribution is 5.76. The third-order valence-electron chi connectivity index (χ3n) is 6.53. The molecule has 1 saturated carbocycles. The van der Waals surface area contributed by atoms with Gasteiger partial charge in [0.1, 0.15) is 0 Å². The molecule has 0 spiro atoms. The third kappa shape index (κ3) is 3.32. The van der Waals surface area contributed by atoms with Gasteiger partial charge >= 0.3 is 12.0 Å². The molecule has 2 fully saturated rings. The number of piperidine rings is 1. The fraction of sp³-hybridized carbons (Fsp3) is 0.882. The quantitative estimate of drug-likeness (QED) is 0.813. The van der Waals surface area contributed by atoms with Crippen molar-refractivity contribution >= 4 is 12.0 Å². The van der Waals surface area contributed by atoms with Crippen molar-refractivity contribution in [3.8, 4) is 0 Å². The van der Waals surface area contributed by atoms with E-state index < -0.39 is 12.0 Å². The number of carbonyl (C=O) groups excluding carboxylic acids is 1. The van der Waals surface area contributed by atoms with Gasteiger partial charge in [-0.25, -0.2) is 4.79 Å². The van der Waals surface area contributed by atoms with Gasteiger partial charge in [0.25, 0.3) is 0 Å². The van der Waals surface area contributed by atoms with Crippen LogP contribution in [0.2, 0.25) is 0 Å². The summed E-state index contributed by atoms with van der Waals surface area (Å²) in [6.07, 6.45) is 1.81. The number of hydrogen-bond donors (Lipinski definition) is 2. The van der Waals surface area contributed by atoms with E-state index in [1.165, 1.54) is 7.11 Å². The van der Waals surface area contributed by atoms with Crippen molar-refractivity contribution in [1.29, 1.82) is 0 Å². The van der Waals surface area contributed by atoms with E-state index in [9.17, 15) is 9.59 Å². The average Bonchev–Trinajstić information content (AvgIpc) is 2.62. The second kappa shape index (κ2) is 6.30. The van der Waals surface area contributed by atoms with Crippen LogP contribution in [0.15, 0.2) is 0 Å². The lowest BCUT2D eigenvalue weighted by atomic mass is 9.63. The Morgan fingerprint density at radius 3 is 2.57 bits per heavy atom. The summed E-state index contributed by atoms with van der Waals surface area (Å²) < 4.78 is 5.21. The van der Waals surface area contributed by atoms with Gasteiger partial charge in [0.05, 0.1) is 18.6 Å². The average molecular weight is 326 g/mol. The summed E-state index contributed by atoms with van der Waals surface area (Å²) >= 11 is 0. The molecule has 2 rings (SSSR count). The molecular formula is C17H30N2O4. The standard InChI is InChI=1S/C17H30N2O4/c1-11(23-5)13(8-14(20)21)18-15(22)19-9-12-6-7-17(4,10-19)16(12,2)3/h11-13H,6-10H2,1-5H3,(H,18,22)(H,20,21)/t11-,12-,13-,17+/m1/s1. The van der Waals surface area contributed by atoms with Crippen LogP contribution in [0.1, 0.15) is 47.0 Å². The Kier molecular flexibility index (Phi) is 4.95. The minimum absolute atomic E-state index is 0.127. The van der Waals surface area contributed by atoms with Crippen LogP contribution in [0, 0.1) is 16.7 Å². The van der Waals surface area contributed by atoms with Gasteiger partial charge in [-0.05, 0) is 36.5 Å². The molecule has 1 aliphatic heterocycles. The molecule has 6 nitrogen and oxygen atoms in total. The number of ether oxygens (including phenoxy) is 1. The number of amides is 2. The summed E-state index contributed by atoms with van der Waals surface area (Å²) in [6, 6.07) is -0.695. The summed E-state index contributed by atoms with van der Waals surface area (Å²) in [7, 11) is 1.52. The number of methoxy groups -OCH3 is 1. The molecule has 1 aliphatic carbocycles. The first-order chi connectivity index (χ1) is 10.6. The first kappa shape index (κ1) is 18.0.